The van der Waals surface area contributed by atoms with E-state index in [2.05, 4.69) is 5.32 Å². The molecule has 0 aliphatic rings. The van der Waals surface area contributed by atoms with E-state index in [1.165, 1.54) is 7.11 Å². The van der Waals surface area contributed by atoms with E-state index in [0.29, 0.717) is 18.1 Å². The number of nitrogens with one attached hydrogen (secondary N) is 1. The number of carbonyl (C=O) groups is 1. The van der Waals surface area contributed by atoms with Gasteiger partial charge in [0.15, 0.2) is 0 Å². The Morgan fingerprint density at radius 3 is 2.44 bits per heavy atom. The van der Waals surface area contributed by atoms with E-state index in [9.17, 15) is 4.79 Å². The molecule has 0 amide bonds. The first kappa shape index (κ1) is 14.8. The summed E-state index contributed by atoms with van der Waals surface area (Å²) in [7, 11) is 2.97. The Labute approximate surface area is 112 Å². The molecule has 0 saturated carbocycles. The fourth-order valence-corrected chi connectivity index (χ4v) is 1.72. The summed E-state index contributed by atoms with van der Waals surface area (Å²) < 4.78 is 9.85. The molecule has 100 valence electrons. The lowest BCUT2D eigenvalue weighted by molar-refractivity contribution is -0.146. The quantitative estimate of drug-likeness (QED) is 0.808. The molecule has 0 saturated heterocycles. The number of ether oxygens (including phenoxy) is 2. The molecule has 0 fully saturated rings. The van der Waals surface area contributed by atoms with E-state index < -0.39 is 5.54 Å². The van der Waals surface area contributed by atoms with Crippen molar-refractivity contribution in [3.8, 4) is 0 Å². The Kier molecular flexibility index (Phi) is 5.44. The third kappa shape index (κ3) is 3.89. The van der Waals surface area contributed by atoms with Crippen molar-refractivity contribution in [2.75, 3.05) is 26.1 Å². The van der Waals surface area contributed by atoms with Gasteiger partial charge in [-0.05, 0) is 31.2 Å². The van der Waals surface area contributed by atoms with Crippen LogP contribution >= 0.6 is 11.6 Å². The Morgan fingerprint density at radius 2 is 1.94 bits per heavy atom. The molecule has 5 heteroatoms. The molecule has 1 aromatic carbocycles. The van der Waals surface area contributed by atoms with E-state index in [-0.39, 0.29) is 5.97 Å². The van der Waals surface area contributed by atoms with Gasteiger partial charge in [0.1, 0.15) is 5.54 Å². The summed E-state index contributed by atoms with van der Waals surface area (Å²) in [6.07, 6.45) is 0.513. The van der Waals surface area contributed by atoms with E-state index in [1.54, 1.807) is 26.2 Å². The molecule has 0 aromatic heterocycles. The summed E-state index contributed by atoms with van der Waals surface area (Å²) in [6.45, 7) is 2.25. The van der Waals surface area contributed by atoms with Gasteiger partial charge in [-0.15, -0.1) is 0 Å². The summed E-state index contributed by atoms with van der Waals surface area (Å²) in [5, 5.41) is 3.81. The number of halogens is 1. The number of hydrogen-bond donors (Lipinski definition) is 1. The summed E-state index contributed by atoms with van der Waals surface area (Å²) >= 11 is 5.82. The molecule has 0 heterocycles. The minimum Gasteiger partial charge on any atom is -0.467 e. The maximum Gasteiger partial charge on any atom is 0.331 e. The summed E-state index contributed by atoms with van der Waals surface area (Å²) in [6, 6.07) is 7.16. The van der Waals surface area contributed by atoms with Crippen molar-refractivity contribution in [3.63, 3.8) is 0 Å². The summed E-state index contributed by atoms with van der Waals surface area (Å²) in [5.41, 5.74) is -0.0121. The van der Waals surface area contributed by atoms with Gasteiger partial charge in [-0.2, -0.15) is 0 Å². The summed E-state index contributed by atoms with van der Waals surface area (Å²) in [5.74, 6) is -0.325. The highest BCUT2D eigenvalue weighted by atomic mass is 35.5. The van der Waals surface area contributed by atoms with Crippen LogP contribution in [0.2, 0.25) is 5.02 Å². The van der Waals surface area contributed by atoms with Crippen LogP contribution in [0.4, 0.5) is 5.69 Å². The minimum absolute atomic E-state index is 0.325. The molecule has 0 spiro atoms. The van der Waals surface area contributed by atoms with Crippen LogP contribution in [0.15, 0.2) is 24.3 Å². The first-order chi connectivity index (χ1) is 8.51. The fourth-order valence-electron chi connectivity index (χ4n) is 1.60. The lowest BCUT2D eigenvalue weighted by Gasteiger charge is -2.28. The third-order valence-electron chi connectivity index (χ3n) is 2.71. The molecule has 0 bridgehead atoms. The number of rotatable bonds is 6. The van der Waals surface area contributed by atoms with Crippen LogP contribution < -0.4 is 5.32 Å². The smallest absolute Gasteiger partial charge is 0.331 e. The molecular formula is C13H18ClNO3. The Bertz CT molecular complexity index is 394. The van der Waals surface area contributed by atoms with Gasteiger partial charge >= 0.3 is 5.97 Å². The van der Waals surface area contributed by atoms with Crippen LogP contribution in [0, 0.1) is 0 Å². The topological polar surface area (TPSA) is 47.6 Å². The van der Waals surface area contributed by atoms with Crippen LogP contribution in [-0.4, -0.2) is 32.3 Å². The number of carbonyl (C=O) groups excluding carboxylic acids is 1. The molecule has 0 aliphatic carbocycles. The van der Waals surface area contributed by atoms with Gasteiger partial charge in [-0.1, -0.05) is 11.6 Å². The molecule has 1 rings (SSSR count). The highest BCUT2D eigenvalue weighted by Crippen LogP contribution is 2.21. The average Bonchev–Trinajstić information content (AvgIpc) is 2.38. The van der Waals surface area contributed by atoms with Gasteiger partial charge < -0.3 is 14.8 Å². The summed E-state index contributed by atoms with van der Waals surface area (Å²) in [4.78, 5) is 11.8. The normalized spacial score (nSPS) is 13.8. The van der Waals surface area contributed by atoms with Crippen molar-refractivity contribution in [2.45, 2.75) is 18.9 Å². The van der Waals surface area contributed by atoms with Crippen LogP contribution in [0.1, 0.15) is 13.3 Å². The maximum absolute atomic E-state index is 11.8. The predicted octanol–water partition coefficient (Wildman–Crippen LogP) is 2.72. The molecular weight excluding hydrogens is 254 g/mol. The molecule has 18 heavy (non-hydrogen) atoms. The zero-order chi connectivity index (χ0) is 13.6. The molecule has 1 unspecified atom stereocenters. The number of hydrogen-bond acceptors (Lipinski definition) is 4. The number of anilines is 1. The number of benzene rings is 1. The second-order valence-corrected chi connectivity index (χ2v) is 4.63. The van der Waals surface area contributed by atoms with Gasteiger partial charge in [0.25, 0.3) is 0 Å². The largest absolute Gasteiger partial charge is 0.467 e. The SMILES string of the molecule is COCCC(C)(Nc1ccc(Cl)cc1)C(=O)OC. The molecule has 1 atom stereocenters. The zero-order valence-corrected chi connectivity index (χ0v) is 11.6. The first-order valence-electron chi connectivity index (χ1n) is 5.63. The Morgan fingerprint density at radius 1 is 1.33 bits per heavy atom. The molecule has 4 nitrogen and oxygen atoms in total. The van der Waals surface area contributed by atoms with E-state index in [4.69, 9.17) is 21.1 Å². The fraction of sp³-hybridized carbons (Fsp3) is 0.462. The van der Waals surface area contributed by atoms with Gasteiger partial charge in [0, 0.05) is 30.8 Å². The van der Waals surface area contributed by atoms with Crippen LogP contribution in [0.25, 0.3) is 0 Å². The van der Waals surface area contributed by atoms with Crippen LogP contribution in [0.3, 0.4) is 0 Å². The Balaban J connectivity index is 2.83. The second kappa shape index (κ2) is 6.61. The molecule has 0 radical (unpaired) electrons. The second-order valence-electron chi connectivity index (χ2n) is 4.20. The van der Waals surface area contributed by atoms with Crippen molar-refractivity contribution < 1.29 is 14.3 Å². The van der Waals surface area contributed by atoms with Gasteiger partial charge in [0.05, 0.1) is 7.11 Å². The minimum atomic E-state index is -0.821. The van der Waals surface area contributed by atoms with Gasteiger partial charge in [-0.25, -0.2) is 4.79 Å². The lowest BCUT2D eigenvalue weighted by Crippen LogP contribution is -2.45. The van der Waals surface area contributed by atoms with E-state index in [0.717, 1.165) is 5.69 Å². The molecule has 0 aliphatic heterocycles. The monoisotopic (exact) mass is 271 g/mol. The highest BCUT2D eigenvalue weighted by Gasteiger charge is 2.33. The molecule has 1 N–H and O–H groups in total. The van der Waals surface area contributed by atoms with Crippen molar-refractivity contribution in [2.24, 2.45) is 0 Å². The number of methoxy groups -OCH3 is 2. The van der Waals surface area contributed by atoms with Crippen molar-refractivity contribution in [3.05, 3.63) is 29.3 Å². The predicted molar refractivity (Wildman–Crippen MR) is 72.0 cm³/mol. The van der Waals surface area contributed by atoms with E-state index >= 15 is 0 Å². The standard InChI is InChI=1S/C13H18ClNO3/c1-13(8-9-17-2,12(16)18-3)15-11-6-4-10(14)5-7-11/h4-7,15H,8-9H2,1-3H3. The molecule has 1 aromatic rings. The van der Waals surface area contributed by atoms with Crippen molar-refractivity contribution in [1.29, 1.82) is 0 Å². The lowest BCUT2D eigenvalue weighted by atomic mass is 9.98. The zero-order valence-electron chi connectivity index (χ0n) is 10.8. The van der Waals surface area contributed by atoms with Crippen molar-refractivity contribution in [1.82, 2.24) is 0 Å². The highest BCUT2D eigenvalue weighted by molar-refractivity contribution is 6.30. The maximum atomic E-state index is 11.8. The van der Waals surface area contributed by atoms with E-state index in [1.807, 2.05) is 12.1 Å². The number of esters is 1. The van der Waals surface area contributed by atoms with Crippen LogP contribution in [0.5, 0.6) is 0 Å². The average molecular weight is 272 g/mol. The third-order valence-corrected chi connectivity index (χ3v) is 2.96. The Hall–Kier alpha value is -1.26. The van der Waals surface area contributed by atoms with Crippen LogP contribution in [-0.2, 0) is 14.3 Å². The van der Waals surface area contributed by atoms with Gasteiger partial charge in [-0.3, -0.25) is 0 Å². The first-order valence-corrected chi connectivity index (χ1v) is 6.01. The van der Waals surface area contributed by atoms with Crippen molar-refractivity contribution >= 4 is 23.3 Å². The van der Waals surface area contributed by atoms with Gasteiger partial charge in [0.2, 0.25) is 0 Å².